The highest BCUT2D eigenvalue weighted by Gasteiger charge is 2.19. The number of carbonyl (C=O) groups excluding carboxylic acids is 1. The molecule has 6 nitrogen and oxygen atoms in total. The van der Waals surface area contributed by atoms with Crippen molar-refractivity contribution in [3.63, 3.8) is 0 Å². The van der Waals surface area contributed by atoms with E-state index in [-0.39, 0.29) is 11.6 Å². The number of hydrogen-bond acceptors (Lipinski definition) is 5. The number of aryl methyl sites for hydroxylation is 1. The van der Waals surface area contributed by atoms with E-state index in [2.05, 4.69) is 10.4 Å². The fraction of sp³-hybridized carbons (Fsp3) is 0.250. The van der Waals surface area contributed by atoms with E-state index in [4.69, 9.17) is 5.73 Å². The Morgan fingerprint density at radius 3 is 2.67 bits per heavy atom. The summed E-state index contributed by atoms with van der Waals surface area (Å²) in [5.41, 5.74) is 7.23. The predicted molar refractivity (Wildman–Crippen MR) is 109 cm³/mol. The Morgan fingerprint density at radius 2 is 2.00 bits per heavy atom. The normalized spacial score (nSPS) is 11.9. The third-order valence-corrected chi connectivity index (χ3v) is 5.28. The molecule has 2 aromatic heterocycles. The van der Waals surface area contributed by atoms with Crippen molar-refractivity contribution in [2.75, 3.05) is 12.3 Å². The molecule has 0 aliphatic heterocycles. The molecule has 3 aromatic rings. The Bertz CT molecular complexity index is 995. The summed E-state index contributed by atoms with van der Waals surface area (Å²) in [6, 6.07) is 14.6. The SMILES string of the molecule is Cc1ccc(-c2cc(N)c(=O)n([C@H](C)C(=O)NCCc3ccccc3)n2)s1. The number of nitrogen functional groups attached to an aromatic ring is 1. The fourth-order valence-electron chi connectivity index (χ4n) is 2.72. The number of rotatable bonds is 6. The lowest BCUT2D eigenvalue weighted by atomic mass is 10.1. The van der Waals surface area contributed by atoms with Gasteiger partial charge in [0.05, 0.1) is 4.88 Å². The van der Waals surface area contributed by atoms with E-state index in [1.54, 1.807) is 24.3 Å². The van der Waals surface area contributed by atoms with Gasteiger partial charge in [-0.15, -0.1) is 11.3 Å². The van der Waals surface area contributed by atoms with Crippen molar-refractivity contribution in [3.05, 3.63) is 69.3 Å². The van der Waals surface area contributed by atoms with Gasteiger partial charge < -0.3 is 11.1 Å². The van der Waals surface area contributed by atoms with Gasteiger partial charge in [-0.2, -0.15) is 5.10 Å². The van der Waals surface area contributed by atoms with Crippen molar-refractivity contribution >= 4 is 22.9 Å². The molecule has 3 N–H and O–H groups in total. The van der Waals surface area contributed by atoms with Gasteiger partial charge in [0, 0.05) is 11.4 Å². The molecule has 0 fully saturated rings. The first kappa shape index (κ1) is 18.8. The number of benzene rings is 1. The van der Waals surface area contributed by atoms with Crippen molar-refractivity contribution in [3.8, 4) is 10.6 Å². The number of hydrogen-bond donors (Lipinski definition) is 2. The van der Waals surface area contributed by atoms with Crippen molar-refractivity contribution < 1.29 is 4.79 Å². The van der Waals surface area contributed by atoms with Gasteiger partial charge in [0.1, 0.15) is 17.4 Å². The third-order valence-electron chi connectivity index (χ3n) is 4.26. The van der Waals surface area contributed by atoms with Crippen LogP contribution in [0.5, 0.6) is 0 Å². The Morgan fingerprint density at radius 1 is 1.26 bits per heavy atom. The molecule has 2 heterocycles. The number of nitrogens with zero attached hydrogens (tertiary/aromatic N) is 2. The van der Waals surface area contributed by atoms with Gasteiger partial charge in [-0.3, -0.25) is 9.59 Å². The van der Waals surface area contributed by atoms with Crippen LogP contribution in [0.1, 0.15) is 23.4 Å². The van der Waals surface area contributed by atoms with Gasteiger partial charge in [0.15, 0.2) is 0 Å². The van der Waals surface area contributed by atoms with E-state index < -0.39 is 11.6 Å². The molecular weight excluding hydrogens is 360 g/mol. The van der Waals surface area contributed by atoms with Gasteiger partial charge in [0.2, 0.25) is 5.91 Å². The topological polar surface area (TPSA) is 90.0 Å². The largest absolute Gasteiger partial charge is 0.394 e. The number of aromatic nitrogens is 2. The maximum atomic E-state index is 12.5. The first-order valence-electron chi connectivity index (χ1n) is 8.73. The molecule has 0 saturated heterocycles. The van der Waals surface area contributed by atoms with E-state index in [0.29, 0.717) is 12.2 Å². The molecule has 0 unspecified atom stereocenters. The van der Waals surface area contributed by atoms with Crippen LogP contribution in [-0.4, -0.2) is 22.2 Å². The number of carbonyl (C=O) groups is 1. The van der Waals surface area contributed by atoms with Crippen LogP contribution >= 0.6 is 11.3 Å². The monoisotopic (exact) mass is 382 g/mol. The standard InChI is InChI=1S/C20H22N4O2S/c1-13-8-9-18(27-13)17-12-16(21)20(26)24(23-17)14(2)19(25)22-11-10-15-6-4-3-5-7-15/h3-9,12,14H,10-11,21H2,1-2H3,(H,22,25)/t14-/m1/s1. The van der Waals surface area contributed by atoms with Crippen molar-refractivity contribution in [1.29, 1.82) is 0 Å². The molecule has 140 valence electrons. The zero-order chi connectivity index (χ0) is 19.4. The van der Waals surface area contributed by atoms with Crippen molar-refractivity contribution in [2.45, 2.75) is 26.3 Å². The Hall–Kier alpha value is -2.93. The summed E-state index contributed by atoms with van der Waals surface area (Å²) in [5, 5.41) is 7.24. The summed E-state index contributed by atoms with van der Waals surface area (Å²) in [5.74, 6) is -0.264. The summed E-state index contributed by atoms with van der Waals surface area (Å²) in [7, 11) is 0. The number of nitrogens with one attached hydrogen (secondary N) is 1. The van der Waals surface area contributed by atoms with Crippen LogP contribution in [0.2, 0.25) is 0 Å². The van der Waals surface area contributed by atoms with Crippen LogP contribution in [0.3, 0.4) is 0 Å². The molecular formula is C20H22N4O2S. The maximum absolute atomic E-state index is 12.5. The molecule has 0 bridgehead atoms. The Labute approximate surface area is 161 Å². The predicted octanol–water partition coefficient (Wildman–Crippen LogP) is 2.78. The maximum Gasteiger partial charge on any atom is 0.290 e. The van der Waals surface area contributed by atoms with Crippen LogP contribution in [0.4, 0.5) is 5.69 Å². The van der Waals surface area contributed by atoms with E-state index in [1.807, 2.05) is 49.4 Å². The smallest absolute Gasteiger partial charge is 0.290 e. The van der Waals surface area contributed by atoms with Crippen molar-refractivity contribution in [2.24, 2.45) is 0 Å². The van der Waals surface area contributed by atoms with Crippen LogP contribution in [0.25, 0.3) is 10.6 Å². The minimum atomic E-state index is -0.753. The van der Waals surface area contributed by atoms with Crippen LogP contribution in [0.15, 0.2) is 53.3 Å². The quantitative estimate of drug-likeness (QED) is 0.686. The average molecular weight is 382 g/mol. The van der Waals surface area contributed by atoms with Gasteiger partial charge in [-0.1, -0.05) is 30.3 Å². The third kappa shape index (κ3) is 4.43. The van der Waals surface area contributed by atoms with E-state index in [9.17, 15) is 9.59 Å². The van der Waals surface area contributed by atoms with E-state index >= 15 is 0 Å². The summed E-state index contributed by atoms with van der Waals surface area (Å²) >= 11 is 1.56. The molecule has 1 atom stereocenters. The van der Waals surface area contributed by atoms with Crippen LogP contribution < -0.4 is 16.6 Å². The first-order chi connectivity index (χ1) is 13.0. The van der Waals surface area contributed by atoms with Crippen molar-refractivity contribution in [1.82, 2.24) is 15.1 Å². The average Bonchev–Trinajstić information content (AvgIpc) is 3.10. The van der Waals surface area contributed by atoms with Crippen LogP contribution in [0, 0.1) is 6.92 Å². The molecule has 7 heteroatoms. The highest BCUT2D eigenvalue weighted by molar-refractivity contribution is 7.15. The van der Waals surface area contributed by atoms with Gasteiger partial charge >= 0.3 is 0 Å². The first-order valence-corrected chi connectivity index (χ1v) is 9.55. The second-order valence-electron chi connectivity index (χ2n) is 6.35. The fourth-order valence-corrected chi connectivity index (χ4v) is 3.54. The summed E-state index contributed by atoms with van der Waals surface area (Å²) in [6.07, 6.45) is 0.721. The van der Waals surface area contributed by atoms with Gasteiger partial charge in [-0.25, -0.2) is 4.68 Å². The lowest BCUT2D eigenvalue weighted by Crippen LogP contribution is -2.38. The Balaban J connectivity index is 1.75. The van der Waals surface area contributed by atoms with E-state index in [0.717, 1.165) is 26.4 Å². The number of amides is 1. The number of nitrogens with two attached hydrogens (primary N) is 1. The summed E-state index contributed by atoms with van der Waals surface area (Å²) < 4.78 is 1.16. The highest BCUT2D eigenvalue weighted by Crippen LogP contribution is 2.26. The van der Waals surface area contributed by atoms with E-state index in [1.165, 1.54) is 0 Å². The summed E-state index contributed by atoms with van der Waals surface area (Å²) in [4.78, 5) is 26.9. The molecule has 0 aliphatic rings. The van der Waals surface area contributed by atoms with Crippen LogP contribution in [-0.2, 0) is 11.2 Å². The number of thiophene rings is 1. The summed E-state index contributed by atoms with van der Waals surface area (Å²) in [6.45, 7) is 4.13. The zero-order valence-electron chi connectivity index (χ0n) is 15.3. The second-order valence-corrected chi connectivity index (χ2v) is 7.64. The zero-order valence-corrected chi connectivity index (χ0v) is 16.1. The van der Waals surface area contributed by atoms with Gasteiger partial charge in [0.25, 0.3) is 5.56 Å². The second kappa shape index (κ2) is 8.18. The molecule has 3 rings (SSSR count). The molecule has 27 heavy (non-hydrogen) atoms. The lowest BCUT2D eigenvalue weighted by molar-refractivity contribution is -0.124. The molecule has 0 radical (unpaired) electrons. The molecule has 0 aliphatic carbocycles. The number of anilines is 1. The minimum Gasteiger partial charge on any atom is -0.394 e. The molecule has 1 amide bonds. The lowest BCUT2D eigenvalue weighted by Gasteiger charge is -2.15. The Kier molecular flexibility index (Phi) is 5.71. The highest BCUT2D eigenvalue weighted by atomic mass is 32.1. The molecule has 0 spiro atoms. The molecule has 1 aromatic carbocycles. The molecule has 0 saturated carbocycles. The van der Waals surface area contributed by atoms with Gasteiger partial charge in [-0.05, 0) is 44.0 Å². The minimum absolute atomic E-state index is 0.0787.